The largest absolute Gasteiger partial charge is 0.384 e. The Morgan fingerprint density at radius 3 is 2.94 bits per heavy atom. The van der Waals surface area contributed by atoms with E-state index in [4.69, 9.17) is 5.73 Å². The highest BCUT2D eigenvalue weighted by Crippen LogP contribution is 2.07. The molecule has 0 aromatic carbocycles. The van der Waals surface area contributed by atoms with Gasteiger partial charge in [-0.25, -0.2) is 9.97 Å². The molecular formula is C11H11BrN4O. The molecular weight excluding hydrogens is 284 g/mol. The summed E-state index contributed by atoms with van der Waals surface area (Å²) in [7, 11) is 0. The highest BCUT2D eigenvalue weighted by Gasteiger charge is 2.06. The second kappa shape index (κ2) is 4.67. The molecule has 0 atom stereocenters. The van der Waals surface area contributed by atoms with E-state index in [9.17, 15) is 4.79 Å². The van der Waals surface area contributed by atoms with Gasteiger partial charge in [0.05, 0.1) is 24.3 Å². The fraction of sp³-hybridized carbons (Fsp3) is 0.182. The normalized spacial score (nSPS) is 10.5. The van der Waals surface area contributed by atoms with Crippen LogP contribution in [0.4, 0.5) is 5.82 Å². The third-order valence-electron chi connectivity index (χ3n) is 2.32. The van der Waals surface area contributed by atoms with Gasteiger partial charge in [-0.2, -0.15) is 0 Å². The van der Waals surface area contributed by atoms with Crippen molar-refractivity contribution < 1.29 is 0 Å². The van der Waals surface area contributed by atoms with Crippen LogP contribution in [0.5, 0.6) is 0 Å². The van der Waals surface area contributed by atoms with E-state index in [1.54, 1.807) is 19.1 Å². The number of nitrogens with zero attached hydrogens (tertiary/aromatic N) is 3. The second-order valence-electron chi connectivity index (χ2n) is 3.63. The molecule has 0 saturated carbocycles. The van der Waals surface area contributed by atoms with Crippen molar-refractivity contribution in [3.63, 3.8) is 0 Å². The lowest BCUT2D eigenvalue weighted by Gasteiger charge is -2.06. The van der Waals surface area contributed by atoms with E-state index in [-0.39, 0.29) is 5.56 Å². The van der Waals surface area contributed by atoms with Crippen molar-refractivity contribution >= 4 is 21.7 Å². The Hall–Kier alpha value is -1.69. The number of nitrogens with two attached hydrogens (primary N) is 1. The molecule has 2 N–H and O–H groups in total. The van der Waals surface area contributed by atoms with Crippen LogP contribution in [0.25, 0.3) is 0 Å². The van der Waals surface area contributed by atoms with E-state index in [1.807, 2.05) is 6.07 Å². The minimum atomic E-state index is -0.123. The first kappa shape index (κ1) is 11.8. The van der Waals surface area contributed by atoms with Crippen LogP contribution >= 0.6 is 15.9 Å². The van der Waals surface area contributed by atoms with Crippen molar-refractivity contribution in [2.24, 2.45) is 0 Å². The summed E-state index contributed by atoms with van der Waals surface area (Å²) in [5.41, 5.74) is 6.86. The highest BCUT2D eigenvalue weighted by atomic mass is 79.9. The molecule has 0 bridgehead atoms. The van der Waals surface area contributed by atoms with Crippen LogP contribution in [0, 0.1) is 6.92 Å². The van der Waals surface area contributed by atoms with Gasteiger partial charge < -0.3 is 5.73 Å². The molecule has 0 aliphatic heterocycles. The molecule has 0 aliphatic carbocycles. The molecule has 0 radical (unpaired) electrons. The van der Waals surface area contributed by atoms with Crippen LogP contribution in [-0.2, 0) is 6.54 Å². The summed E-state index contributed by atoms with van der Waals surface area (Å²) in [6, 6.07) is 5.32. The number of hydrogen-bond donors (Lipinski definition) is 1. The fourth-order valence-electron chi connectivity index (χ4n) is 1.42. The summed E-state index contributed by atoms with van der Waals surface area (Å²) in [4.78, 5) is 20.1. The van der Waals surface area contributed by atoms with Crippen LogP contribution in [-0.4, -0.2) is 14.5 Å². The van der Waals surface area contributed by atoms with Crippen molar-refractivity contribution in [2.75, 3.05) is 5.73 Å². The zero-order chi connectivity index (χ0) is 12.4. The molecule has 0 spiro atoms. The standard InChI is InChI=1S/C11H11BrN4O/c1-7-10(12)11(17)16(6-14-7)5-8-3-2-4-9(13)15-8/h2-4,6H,5H2,1H3,(H2,13,15). The first-order chi connectivity index (χ1) is 8.08. The summed E-state index contributed by atoms with van der Waals surface area (Å²) >= 11 is 3.22. The minimum absolute atomic E-state index is 0.123. The predicted octanol–water partition coefficient (Wildman–Crippen LogP) is 1.34. The van der Waals surface area contributed by atoms with Gasteiger partial charge in [0.15, 0.2) is 0 Å². The van der Waals surface area contributed by atoms with Crippen molar-refractivity contribution in [3.8, 4) is 0 Å². The first-order valence-corrected chi connectivity index (χ1v) is 5.80. The SMILES string of the molecule is Cc1ncn(Cc2cccc(N)n2)c(=O)c1Br. The maximum Gasteiger partial charge on any atom is 0.268 e. The topological polar surface area (TPSA) is 73.8 Å². The molecule has 2 rings (SSSR count). The van der Waals surface area contributed by atoms with Gasteiger partial charge in [0.2, 0.25) is 0 Å². The van der Waals surface area contributed by atoms with E-state index in [0.717, 1.165) is 5.69 Å². The van der Waals surface area contributed by atoms with E-state index in [0.29, 0.717) is 22.5 Å². The summed E-state index contributed by atoms with van der Waals surface area (Å²) in [6.45, 7) is 2.13. The lowest BCUT2D eigenvalue weighted by atomic mass is 10.3. The van der Waals surface area contributed by atoms with Gasteiger partial charge in [-0.05, 0) is 35.0 Å². The van der Waals surface area contributed by atoms with Crippen molar-refractivity contribution in [3.05, 3.63) is 50.7 Å². The Bertz CT molecular complexity index is 609. The van der Waals surface area contributed by atoms with Crippen LogP contribution in [0.3, 0.4) is 0 Å². The summed E-state index contributed by atoms with van der Waals surface area (Å²) in [5.74, 6) is 0.440. The quantitative estimate of drug-likeness (QED) is 0.907. The van der Waals surface area contributed by atoms with Gasteiger partial charge >= 0.3 is 0 Å². The zero-order valence-corrected chi connectivity index (χ0v) is 10.8. The molecule has 2 heterocycles. The summed E-state index contributed by atoms with van der Waals surface area (Å²) in [5, 5.41) is 0. The monoisotopic (exact) mass is 294 g/mol. The zero-order valence-electron chi connectivity index (χ0n) is 9.22. The smallest absolute Gasteiger partial charge is 0.268 e. The third kappa shape index (κ3) is 2.52. The Balaban J connectivity index is 2.37. The maximum absolute atomic E-state index is 11.9. The number of nitrogen functional groups attached to an aromatic ring is 1. The first-order valence-electron chi connectivity index (χ1n) is 5.01. The molecule has 0 aliphatic rings. The molecule has 88 valence electrons. The number of halogens is 1. The maximum atomic E-state index is 11.9. The van der Waals surface area contributed by atoms with Gasteiger partial charge in [-0.1, -0.05) is 6.07 Å². The van der Waals surface area contributed by atoms with Crippen LogP contribution in [0.2, 0.25) is 0 Å². The molecule has 6 heteroatoms. The van der Waals surface area contributed by atoms with Crippen molar-refractivity contribution in [2.45, 2.75) is 13.5 Å². The fourth-order valence-corrected chi connectivity index (χ4v) is 1.75. The Morgan fingerprint density at radius 1 is 1.47 bits per heavy atom. The number of rotatable bonds is 2. The van der Waals surface area contributed by atoms with Crippen LogP contribution in [0.1, 0.15) is 11.4 Å². The lowest BCUT2D eigenvalue weighted by molar-refractivity contribution is 0.709. The number of hydrogen-bond acceptors (Lipinski definition) is 4. The third-order valence-corrected chi connectivity index (χ3v) is 3.23. The second-order valence-corrected chi connectivity index (χ2v) is 4.42. The average Bonchev–Trinajstić information content (AvgIpc) is 2.30. The Labute approximate surface area is 106 Å². The van der Waals surface area contributed by atoms with Crippen LogP contribution < -0.4 is 11.3 Å². The molecule has 0 unspecified atom stereocenters. The molecule has 2 aromatic rings. The average molecular weight is 295 g/mol. The van der Waals surface area contributed by atoms with E-state index in [1.165, 1.54) is 10.9 Å². The number of anilines is 1. The molecule has 0 saturated heterocycles. The van der Waals surface area contributed by atoms with E-state index in [2.05, 4.69) is 25.9 Å². The number of aromatic nitrogens is 3. The molecule has 0 fully saturated rings. The molecule has 0 amide bonds. The van der Waals surface area contributed by atoms with Gasteiger partial charge in [-0.15, -0.1) is 0 Å². The van der Waals surface area contributed by atoms with Gasteiger partial charge in [0, 0.05) is 0 Å². The highest BCUT2D eigenvalue weighted by molar-refractivity contribution is 9.10. The summed E-state index contributed by atoms with van der Waals surface area (Å²) in [6.07, 6.45) is 1.51. The molecule has 5 nitrogen and oxygen atoms in total. The van der Waals surface area contributed by atoms with Crippen LogP contribution in [0.15, 0.2) is 33.8 Å². The summed E-state index contributed by atoms with van der Waals surface area (Å²) < 4.78 is 1.96. The van der Waals surface area contributed by atoms with Crippen molar-refractivity contribution in [1.82, 2.24) is 14.5 Å². The Morgan fingerprint density at radius 2 is 2.24 bits per heavy atom. The predicted molar refractivity (Wildman–Crippen MR) is 68.7 cm³/mol. The van der Waals surface area contributed by atoms with Crippen molar-refractivity contribution in [1.29, 1.82) is 0 Å². The molecule has 2 aromatic heterocycles. The number of aryl methyl sites for hydroxylation is 1. The van der Waals surface area contributed by atoms with Gasteiger partial charge in [-0.3, -0.25) is 9.36 Å². The molecule has 17 heavy (non-hydrogen) atoms. The van der Waals surface area contributed by atoms with E-state index < -0.39 is 0 Å². The van der Waals surface area contributed by atoms with Gasteiger partial charge in [0.1, 0.15) is 10.3 Å². The lowest BCUT2D eigenvalue weighted by Crippen LogP contribution is -2.23. The Kier molecular flexibility index (Phi) is 3.23. The van der Waals surface area contributed by atoms with E-state index >= 15 is 0 Å². The van der Waals surface area contributed by atoms with Gasteiger partial charge in [0.25, 0.3) is 5.56 Å². The minimum Gasteiger partial charge on any atom is -0.384 e. The number of pyridine rings is 1.